The highest BCUT2D eigenvalue weighted by atomic mass is 35.5. The van der Waals surface area contributed by atoms with Crippen LogP contribution in [0.3, 0.4) is 0 Å². The predicted molar refractivity (Wildman–Crippen MR) is 65.2 cm³/mol. The molecular formula is C10H16ClN3OS. The van der Waals surface area contributed by atoms with Gasteiger partial charge in [0.15, 0.2) is 0 Å². The third-order valence-corrected chi connectivity index (χ3v) is 4.16. The summed E-state index contributed by atoms with van der Waals surface area (Å²) < 4.78 is 5.56. The van der Waals surface area contributed by atoms with Crippen molar-refractivity contribution in [1.82, 2.24) is 15.1 Å². The average Bonchev–Trinajstić information content (AvgIpc) is 2.89. The van der Waals surface area contributed by atoms with Crippen molar-refractivity contribution in [2.75, 3.05) is 20.2 Å². The van der Waals surface area contributed by atoms with Crippen molar-refractivity contribution in [3.63, 3.8) is 0 Å². The number of aromatic nitrogens is 2. The first-order chi connectivity index (χ1) is 7.79. The van der Waals surface area contributed by atoms with Gasteiger partial charge in [-0.2, -0.15) is 0 Å². The molecule has 0 amide bonds. The third-order valence-electron chi connectivity index (χ3n) is 2.91. The van der Waals surface area contributed by atoms with Gasteiger partial charge in [-0.05, 0) is 32.9 Å². The van der Waals surface area contributed by atoms with Crippen LogP contribution in [0.15, 0.2) is 0 Å². The molecule has 0 saturated carbocycles. The van der Waals surface area contributed by atoms with E-state index in [1.807, 2.05) is 0 Å². The first kappa shape index (κ1) is 12.1. The molecule has 0 aromatic carbocycles. The van der Waals surface area contributed by atoms with Crippen molar-refractivity contribution in [3.05, 3.63) is 5.01 Å². The van der Waals surface area contributed by atoms with E-state index in [-0.39, 0.29) is 0 Å². The zero-order valence-electron chi connectivity index (χ0n) is 9.36. The van der Waals surface area contributed by atoms with Crippen LogP contribution >= 0.6 is 22.9 Å². The molecule has 0 bridgehead atoms. The summed E-state index contributed by atoms with van der Waals surface area (Å²) in [4.78, 5) is 2.40. The highest BCUT2D eigenvalue weighted by Crippen LogP contribution is 2.21. The van der Waals surface area contributed by atoms with Crippen LogP contribution in [0.5, 0.6) is 5.19 Å². The van der Waals surface area contributed by atoms with E-state index in [4.69, 9.17) is 16.3 Å². The zero-order chi connectivity index (χ0) is 11.4. The molecule has 16 heavy (non-hydrogen) atoms. The molecule has 1 aliphatic heterocycles. The van der Waals surface area contributed by atoms with E-state index in [0.29, 0.717) is 23.7 Å². The van der Waals surface area contributed by atoms with Gasteiger partial charge in [-0.1, -0.05) is 11.3 Å². The lowest BCUT2D eigenvalue weighted by Gasteiger charge is -2.18. The van der Waals surface area contributed by atoms with E-state index < -0.39 is 0 Å². The molecule has 1 aromatic rings. The maximum atomic E-state index is 5.64. The van der Waals surface area contributed by atoms with Gasteiger partial charge in [0.05, 0.1) is 12.5 Å². The van der Waals surface area contributed by atoms with Crippen LogP contribution in [-0.4, -0.2) is 41.3 Å². The molecule has 2 rings (SSSR count). The van der Waals surface area contributed by atoms with E-state index >= 15 is 0 Å². The van der Waals surface area contributed by atoms with Crippen LogP contribution < -0.4 is 4.74 Å². The van der Waals surface area contributed by atoms with Gasteiger partial charge in [-0.25, -0.2) is 0 Å². The minimum atomic E-state index is 0.409. The second-order valence-corrected chi connectivity index (χ2v) is 5.30. The summed E-state index contributed by atoms with van der Waals surface area (Å²) in [6, 6.07) is 0.667. The van der Waals surface area contributed by atoms with Gasteiger partial charge in [-0.15, -0.1) is 21.8 Å². The summed E-state index contributed by atoms with van der Waals surface area (Å²) in [6.07, 6.45) is 3.64. The van der Waals surface area contributed by atoms with Crippen molar-refractivity contribution in [1.29, 1.82) is 0 Å². The van der Waals surface area contributed by atoms with Gasteiger partial charge in [0.25, 0.3) is 5.19 Å². The first-order valence-electron chi connectivity index (χ1n) is 5.51. The maximum absolute atomic E-state index is 5.64. The fourth-order valence-electron chi connectivity index (χ4n) is 1.98. The molecular weight excluding hydrogens is 246 g/mol. The molecule has 0 aliphatic carbocycles. The van der Waals surface area contributed by atoms with Crippen LogP contribution in [0.1, 0.15) is 24.3 Å². The quantitative estimate of drug-likeness (QED) is 0.762. The maximum Gasteiger partial charge on any atom is 0.294 e. The summed E-state index contributed by atoms with van der Waals surface area (Å²) in [5, 5.41) is 9.27. The fourth-order valence-corrected chi connectivity index (χ4v) is 2.76. The molecule has 6 heteroatoms. The topological polar surface area (TPSA) is 38.2 Å². The smallest absolute Gasteiger partial charge is 0.294 e. The molecule has 1 atom stereocenters. The minimum Gasteiger partial charge on any atom is -0.469 e. The molecule has 90 valence electrons. The van der Waals surface area contributed by atoms with E-state index in [1.54, 1.807) is 0 Å². The summed E-state index contributed by atoms with van der Waals surface area (Å²) in [5.41, 5.74) is 0. The van der Waals surface area contributed by atoms with E-state index in [2.05, 4.69) is 22.1 Å². The second kappa shape index (κ2) is 5.80. The Morgan fingerprint density at radius 3 is 3.06 bits per heavy atom. The van der Waals surface area contributed by atoms with Crippen LogP contribution in [-0.2, 0) is 5.88 Å². The third kappa shape index (κ3) is 3.06. The number of nitrogens with zero attached hydrogens (tertiary/aromatic N) is 3. The highest BCUT2D eigenvalue weighted by molar-refractivity contribution is 7.13. The molecule has 1 saturated heterocycles. The number of hydrogen-bond donors (Lipinski definition) is 0. The van der Waals surface area contributed by atoms with Crippen molar-refractivity contribution >= 4 is 22.9 Å². The Hall–Kier alpha value is -0.390. The number of likely N-dealkylation sites (tertiary alicyclic amines) is 1. The standard InChI is InChI=1S/C10H16ClN3OS/c1-14-5-2-3-8(14)4-6-15-10-13-12-9(7-11)16-10/h8H,2-7H2,1H3. The molecule has 2 heterocycles. The van der Waals surface area contributed by atoms with Crippen molar-refractivity contribution in [2.24, 2.45) is 0 Å². The molecule has 1 aliphatic rings. The van der Waals surface area contributed by atoms with E-state index in [1.165, 1.54) is 30.7 Å². The molecule has 1 fully saturated rings. The van der Waals surface area contributed by atoms with Crippen molar-refractivity contribution in [2.45, 2.75) is 31.2 Å². The van der Waals surface area contributed by atoms with E-state index in [0.717, 1.165) is 11.4 Å². The van der Waals surface area contributed by atoms with Gasteiger partial charge < -0.3 is 9.64 Å². The Kier molecular flexibility index (Phi) is 4.37. The van der Waals surface area contributed by atoms with Crippen LogP contribution in [0.4, 0.5) is 0 Å². The van der Waals surface area contributed by atoms with Crippen LogP contribution in [0.2, 0.25) is 0 Å². The number of halogens is 1. The highest BCUT2D eigenvalue weighted by Gasteiger charge is 2.20. The molecule has 0 spiro atoms. The molecule has 0 N–H and O–H groups in total. The Morgan fingerprint density at radius 2 is 2.44 bits per heavy atom. The first-order valence-corrected chi connectivity index (χ1v) is 6.86. The Balaban J connectivity index is 1.71. The normalized spacial score (nSPS) is 21.5. The zero-order valence-corrected chi connectivity index (χ0v) is 10.9. The molecule has 1 aromatic heterocycles. The fraction of sp³-hybridized carbons (Fsp3) is 0.800. The molecule has 0 radical (unpaired) electrons. The summed E-state index contributed by atoms with van der Waals surface area (Å²) >= 11 is 7.07. The van der Waals surface area contributed by atoms with Gasteiger partial charge in [0.2, 0.25) is 0 Å². The Bertz CT molecular complexity index is 334. The number of hydrogen-bond acceptors (Lipinski definition) is 5. The summed E-state index contributed by atoms with van der Waals surface area (Å²) in [5.74, 6) is 0.409. The summed E-state index contributed by atoms with van der Waals surface area (Å²) in [6.45, 7) is 1.92. The Morgan fingerprint density at radius 1 is 1.56 bits per heavy atom. The minimum absolute atomic E-state index is 0.409. The van der Waals surface area contributed by atoms with Crippen molar-refractivity contribution in [3.8, 4) is 5.19 Å². The van der Waals surface area contributed by atoms with Gasteiger partial charge >= 0.3 is 0 Å². The number of ether oxygens (including phenoxy) is 1. The number of alkyl halides is 1. The summed E-state index contributed by atoms with van der Waals surface area (Å²) in [7, 11) is 2.17. The Labute approximate surface area is 105 Å². The lowest BCUT2D eigenvalue weighted by Crippen LogP contribution is -2.26. The monoisotopic (exact) mass is 261 g/mol. The van der Waals surface area contributed by atoms with Gasteiger partial charge in [0, 0.05) is 6.04 Å². The SMILES string of the molecule is CN1CCCC1CCOc1nnc(CCl)s1. The molecule has 4 nitrogen and oxygen atoms in total. The van der Waals surface area contributed by atoms with Crippen LogP contribution in [0, 0.1) is 0 Å². The van der Waals surface area contributed by atoms with Crippen LogP contribution in [0.25, 0.3) is 0 Å². The van der Waals surface area contributed by atoms with Gasteiger partial charge in [0.1, 0.15) is 5.01 Å². The predicted octanol–water partition coefficient (Wildman–Crippen LogP) is 2.14. The second-order valence-electron chi connectivity index (χ2n) is 4.01. The largest absolute Gasteiger partial charge is 0.469 e. The van der Waals surface area contributed by atoms with Crippen molar-refractivity contribution < 1.29 is 4.74 Å². The van der Waals surface area contributed by atoms with E-state index in [9.17, 15) is 0 Å². The number of rotatable bonds is 5. The molecule has 1 unspecified atom stereocenters. The lowest BCUT2D eigenvalue weighted by molar-refractivity contribution is 0.232. The average molecular weight is 262 g/mol. The lowest BCUT2D eigenvalue weighted by atomic mass is 10.2. The van der Waals surface area contributed by atoms with Gasteiger partial charge in [-0.3, -0.25) is 0 Å².